The average molecular weight is 272 g/mol. The van der Waals surface area contributed by atoms with E-state index in [1.165, 1.54) is 0 Å². The minimum absolute atomic E-state index is 0.220. The van der Waals surface area contributed by atoms with Gasteiger partial charge in [0.25, 0.3) is 0 Å². The molecule has 4 heteroatoms. The third-order valence-corrected chi connectivity index (χ3v) is 3.37. The molecule has 0 saturated heterocycles. The Bertz CT molecular complexity index is 533. The molecule has 4 nitrogen and oxygen atoms in total. The van der Waals surface area contributed by atoms with Gasteiger partial charge in [0, 0.05) is 31.1 Å². The molecule has 108 valence electrons. The molecule has 1 atom stereocenters. The normalized spacial score (nSPS) is 12.6. The summed E-state index contributed by atoms with van der Waals surface area (Å²) in [4.78, 5) is 9.15. The highest BCUT2D eigenvalue weighted by atomic mass is 15.1. The van der Waals surface area contributed by atoms with Crippen LogP contribution in [0.3, 0.4) is 0 Å². The smallest absolute Gasteiger partial charge is 0.110 e. The number of aromatic nitrogens is 3. The van der Waals surface area contributed by atoms with Gasteiger partial charge in [0.1, 0.15) is 5.82 Å². The molecule has 0 aromatic carbocycles. The highest BCUT2D eigenvalue weighted by Gasteiger charge is 2.15. The Hall–Kier alpha value is -1.68. The fraction of sp³-hybridized carbons (Fsp3) is 0.500. The summed E-state index contributed by atoms with van der Waals surface area (Å²) in [7, 11) is 0. The standard InChI is InChI=1S/C16H24N4/c1-4-10-20-11-9-18-16(20)12-15(17-5-2)14-8-6-7-13(3)19-14/h6-9,11,15,17H,4-5,10,12H2,1-3H3. The number of aryl methyl sites for hydroxylation is 2. The van der Waals surface area contributed by atoms with Crippen molar-refractivity contribution < 1.29 is 0 Å². The van der Waals surface area contributed by atoms with Gasteiger partial charge in [-0.05, 0) is 32.0 Å². The van der Waals surface area contributed by atoms with Gasteiger partial charge in [0.05, 0.1) is 11.7 Å². The lowest BCUT2D eigenvalue weighted by molar-refractivity contribution is 0.505. The molecule has 0 bridgehead atoms. The zero-order valence-corrected chi connectivity index (χ0v) is 12.6. The lowest BCUT2D eigenvalue weighted by atomic mass is 10.1. The van der Waals surface area contributed by atoms with Crippen molar-refractivity contribution in [1.29, 1.82) is 0 Å². The second-order valence-corrected chi connectivity index (χ2v) is 5.06. The quantitative estimate of drug-likeness (QED) is 0.842. The van der Waals surface area contributed by atoms with E-state index in [0.29, 0.717) is 0 Å². The van der Waals surface area contributed by atoms with E-state index in [-0.39, 0.29) is 6.04 Å². The number of nitrogens with one attached hydrogen (secondary N) is 1. The van der Waals surface area contributed by atoms with E-state index in [0.717, 1.165) is 43.1 Å². The van der Waals surface area contributed by atoms with E-state index >= 15 is 0 Å². The fourth-order valence-electron chi connectivity index (χ4n) is 2.44. The lowest BCUT2D eigenvalue weighted by Crippen LogP contribution is -2.25. The van der Waals surface area contributed by atoms with Crippen molar-refractivity contribution in [2.75, 3.05) is 6.54 Å². The third-order valence-electron chi connectivity index (χ3n) is 3.37. The van der Waals surface area contributed by atoms with Crippen LogP contribution in [0.15, 0.2) is 30.6 Å². The van der Waals surface area contributed by atoms with Crippen LogP contribution < -0.4 is 5.32 Å². The Kier molecular flexibility index (Phi) is 5.30. The Balaban J connectivity index is 2.18. The van der Waals surface area contributed by atoms with Gasteiger partial charge >= 0.3 is 0 Å². The molecule has 0 aliphatic carbocycles. The molecule has 0 spiro atoms. The number of rotatable bonds is 7. The minimum atomic E-state index is 0.220. The molecule has 0 amide bonds. The molecule has 0 saturated carbocycles. The van der Waals surface area contributed by atoms with Crippen molar-refractivity contribution in [2.45, 2.75) is 46.2 Å². The zero-order valence-electron chi connectivity index (χ0n) is 12.6. The summed E-state index contributed by atoms with van der Waals surface area (Å²) in [6.07, 6.45) is 5.94. The number of likely N-dealkylation sites (N-methyl/N-ethyl adjacent to an activating group) is 1. The van der Waals surface area contributed by atoms with Crippen LogP contribution in [0.4, 0.5) is 0 Å². The van der Waals surface area contributed by atoms with Crippen LogP contribution in [0.25, 0.3) is 0 Å². The van der Waals surface area contributed by atoms with Crippen molar-refractivity contribution in [1.82, 2.24) is 19.9 Å². The maximum atomic E-state index is 4.65. The molecule has 2 rings (SSSR count). The molecular formula is C16H24N4. The number of hydrogen-bond donors (Lipinski definition) is 1. The first-order valence-corrected chi connectivity index (χ1v) is 7.41. The van der Waals surface area contributed by atoms with Gasteiger partial charge < -0.3 is 9.88 Å². The van der Waals surface area contributed by atoms with Gasteiger partial charge in [0.2, 0.25) is 0 Å². The molecule has 0 aliphatic heterocycles. The average Bonchev–Trinajstić information content (AvgIpc) is 2.86. The van der Waals surface area contributed by atoms with E-state index in [1.54, 1.807) is 0 Å². The predicted molar refractivity (Wildman–Crippen MR) is 81.6 cm³/mol. The van der Waals surface area contributed by atoms with Crippen LogP contribution in [0.2, 0.25) is 0 Å². The van der Waals surface area contributed by atoms with Crippen molar-refractivity contribution in [2.24, 2.45) is 0 Å². The van der Waals surface area contributed by atoms with Gasteiger partial charge in [-0.25, -0.2) is 4.98 Å². The molecule has 0 fully saturated rings. The van der Waals surface area contributed by atoms with Gasteiger partial charge in [-0.1, -0.05) is 19.9 Å². The number of imidazole rings is 1. The molecule has 20 heavy (non-hydrogen) atoms. The van der Waals surface area contributed by atoms with E-state index in [4.69, 9.17) is 0 Å². The van der Waals surface area contributed by atoms with Crippen LogP contribution in [0, 0.1) is 6.92 Å². The fourth-order valence-corrected chi connectivity index (χ4v) is 2.44. The summed E-state index contributed by atoms with van der Waals surface area (Å²) in [5, 5.41) is 3.52. The monoisotopic (exact) mass is 272 g/mol. The molecule has 1 N–H and O–H groups in total. The first-order chi connectivity index (χ1) is 9.74. The van der Waals surface area contributed by atoms with Gasteiger partial charge in [-0.15, -0.1) is 0 Å². The van der Waals surface area contributed by atoms with Gasteiger partial charge in [-0.3, -0.25) is 4.98 Å². The SMILES string of the molecule is CCCn1ccnc1CC(NCC)c1cccc(C)n1. The maximum absolute atomic E-state index is 4.65. The first kappa shape index (κ1) is 14.7. The minimum Gasteiger partial charge on any atom is -0.335 e. The lowest BCUT2D eigenvalue weighted by Gasteiger charge is -2.18. The second kappa shape index (κ2) is 7.20. The summed E-state index contributed by atoms with van der Waals surface area (Å²) in [6.45, 7) is 8.30. The zero-order chi connectivity index (χ0) is 14.4. The van der Waals surface area contributed by atoms with Gasteiger partial charge in [0.15, 0.2) is 0 Å². The number of nitrogens with zero attached hydrogens (tertiary/aromatic N) is 3. The summed E-state index contributed by atoms with van der Waals surface area (Å²) < 4.78 is 2.24. The predicted octanol–water partition coefficient (Wildman–Crippen LogP) is 2.89. The van der Waals surface area contributed by atoms with E-state index in [2.05, 4.69) is 52.0 Å². The third kappa shape index (κ3) is 3.67. The van der Waals surface area contributed by atoms with Gasteiger partial charge in [-0.2, -0.15) is 0 Å². The maximum Gasteiger partial charge on any atom is 0.110 e. The molecule has 0 radical (unpaired) electrons. The Labute approximate surface area is 121 Å². The molecule has 0 aliphatic rings. The topological polar surface area (TPSA) is 42.7 Å². The Morgan fingerprint density at radius 3 is 2.85 bits per heavy atom. The van der Waals surface area contributed by atoms with Crippen molar-refractivity contribution in [3.05, 3.63) is 47.8 Å². The van der Waals surface area contributed by atoms with Crippen molar-refractivity contribution >= 4 is 0 Å². The number of hydrogen-bond acceptors (Lipinski definition) is 3. The second-order valence-electron chi connectivity index (χ2n) is 5.06. The summed E-state index contributed by atoms with van der Waals surface area (Å²) >= 11 is 0. The first-order valence-electron chi connectivity index (χ1n) is 7.41. The molecule has 2 aromatic heterocycles. The summed E-state index contributed by atoms with van der Waals surface area (Å²) in [6, 6.07) is 6.41. The van der Waals surface area contributed by atoms with E-state index in [9.17, 15) is 0 Å². The number of pyridine rings is 1. The molecule has 2 heterocycles. The Morgan fingerprint density at radius 2 is 2.15 bits per heavy atom. The summed E-state index contributed by atoms with van der Waals surface area (Å²) in [5.41, 5.74) is 2.15. The highest BCUT2D eigenvalue weighted by molar-refractivity contribution is 5.15. The Morgan fingerprint density at radius 1 is 1.30 bits per heavy atom. The molecule has 1 unspecified atom stereocenters. The molecular weight excluding hydrogens is 248 g/mol. The van der Waals surface area contributed by atoms with Crippen molar-refractivity contribution in [3.8, 4) is 0 Å². The molecule has 2 aromatic rings. The van der Waals surface area contributed by atoms with Crippen LogP contribution in [0.1, 0.15) is 43.5 Å². The summed E-state index contributed by atoms with van der Waals surface area (Å²) in [5.74, 6) is 1.13. The van der Waals surface area contributed by atoms with Crippen LogP contribution >= 0.6 is 0 Å². The van der Waals surface area contributed by atoms with Crippen LogP contribution in [-0.2, 0) is 13.0 Å². The van der Waals surface area contributed by atoms with E-state index in [1.807, 2.05) is 19.2 Å². The van der Waals surface area contributed by atoms with Crippen molar-refractivity contribution in [3.63, 3.8) is 0 Å². The highest BCUT2D eigenvalue weighted by Crippen LogP contribution is 2.16. The van der Waals surface area contributed by atoms with Crippen LogP contribution in [0.5, 0.6) is 0 Å². The largest absolute Gasteiger partial charge is 0.335 e. The van der Waals surface area contributed by atoms with E-state index < -0.39 is 0 Å². The van der Waals surface area contributed by atoms with Crippen LogP contribution in [-0.4, -0.2) is 21.1 Å².